The van der Waals surface area contributed by atoms with Crippen LogP contribution in [0.3, 0.4) is 0 Å². The minimum absolute atomic E-state index is 0.0477. The molecule has 0 unspecified atom stereocenters. The van der Waals surface area contributed by atoms with Crippen LogP contribution in [0, 0.1) is 28.6 Å². The fourth-order valence-corrected chi connectivity index (χ4v) is 8.21. The Bertz CT molecular complexity index is 938. The molecule has 36 heavy (non-hydrogen) atoms. The molecule has 2 bridgehead atoms. The Labute approximate surface area is 213 Å². The fraction of sp³-hybridized carbons (Fsp3) is 0.769. The Morgan fingerprint density at radius 1 is 1.36 bits per heavy atom. The summed E-state index contributed by atoms with van der Waals surface area (Å²) in [6.45, 7) is 5.26. The van der Waals surface area contributed by atoms with Crippen LogP contribution in [-0.2, 0) is 9.53 Å². The molecule has 0 radical (unpaired) electrons. The van der Waals surface area contributed by atoms with E-state index in [0.717, 1.165) is 25.0 Å². The summed E-state index contributed by atoms with van der Waals surface area (Å²) in [6, 6.07) is 0. The van der Waals surface area contributed by atoms with E-state index in [1.54, 1.807) is 0 Å². The maximum atomic E-state index is 12.6. The Morgan fingerprint density at radius 2 is 2.14 bits per heavy atom. The number of nitrogens with zero attached hydrogens (tertiary/aromatic N) is 2. The van der Waals surface area contributed by atoms with Crippen LogP contribution in [0.2, 0.25) is 0 Å². The molecular weight excluding hydrogens is 462 g/mol. The van der Waals surface area contributed by atoms with Crippen molar-refractivity contribution in [1.29, 1.82) is 0 Å². The van der Waals surface area contributed by atoms with Crippen molar-refractivity contribution < 1.29 is 24.9 Å². The summed E-state index contributed by atoms with van der Waals surface area (Å²) in [5, 5.41) is 38.0. The number of ether oxygens (including phenoxy) is 1. The third-order valence-corrected chi connectivity index (χ3v) is 9.45. The number of hydrogen-bond acceptors (Lipinski definition) is 7. The molecule has 2 saturated carbocycles. The summed E-state index contributed by atoms with van der Waals surface area (Å²) in [7, 11) is 3.38. The van der Waals surface area contributed by atoms with Crippen molar-refractivity contribution in [1.82, 2.24) is 15.5 Å². The van der Waals surface area contributed by atoms with Crippen LogP contribution >= 0.6 is 0 Å². The van der Waals surface area contributed by atoms with Gasteiger partial charge >= 0.3 is 5.97 Å². The largest absolute Gasteiger partial charge is 0.478 e. The zero-order valence-corrected chi connectivity index (χ0v) is 21.8. The first kappa shape index (κ1) is 27.1. The van der Waals surface area contributed by atoms with Crippen molar-refractivity contribution in [3.05, 3.63) is 23.4 Å². The van der Waals surface area contributed by atoms with E-state index in [9.17, 15) is 20.1 Å². The van der Waals surface area contributed by atoms with Crippen LogP contribution in [0.4, 0.5) is 0 Å². The minimum Gasteiger partial charge on any atom is -0.478 e. The molecule has 2 fully saturated rings. The van der Waals surface area contributed by atoms with Gasteiger partial charge in [-0.25, -0.2) is 4.79 Å². The first-order valence-corrected chi connectivity index (χ1v) is 13.1. The lowest BCUT2D eigenvalue weighted by atomic mass is 9.46. The normalized spacial score (nSPS) is 37.8. The second-order valence-corrected chi connectivity index (χ2v) is 11.0. The number of nitrogens with one attached hydrogen (secondary N) is 2. The van der Waals surface area contributed by atoms with Gasteiger partial charge in [-0.15, -0.1) is 0 Å². The van der Waals surface area contributed by atoms with Gasteiger partial charge in [0.25, 0.3) is 0 Å². The molecule has 1 heterocycles. The van der Waals surface area contributed by atoms with Crippen LogP contribution in [0.5, 0.6) is 0 Å². The van der Waals surface area contributed by atoms with Gasteiger partial charge in [0.15, 0.2) is 5.96 Å². The van der Waals surface area contributed by atoms with E-state index in [1.807, 2.05) is 18.1 Å². The second-order valence-electron chi connectivity index (χ2n) is 11.0. The number of aliphatic imine (C=N–C) groups is 1. The number of likely N-dealkylation sites (N-methyl/N-ethyl adjacent to an activating group) is 1. The third-order valence-electron chi connectivity index (χ3n) is 9.45. The number of guanidine groups is 1. The maximum absolute atomic E-state index is 12.6. The topological polar surface area (TPSA) is 153 Å². The molecule has 6 atom stereocenters. The highest BCUT2D eigenvalue weighted by Crippen LogP contribution is 2.77. The molecule has 4 rings (SSSR count). The quantitative estimate of drug-likeness (QED) is 0.138. The highest BCUT2D eigenvalue weighted by atomic mass is 16.5. The first-order chi connectivity index (χ1) is 17.2. The highest BCUT2D eigenvalue weighted by molar-refractivity contribution is 5.92. The van der Waals surface area contributed by atoms with Crippen molar-refractivity contribution in [3.63, 3.8) is 0 Å². The number of carboxylic acid groups (broad SMARTS) is 1. The average Bonchev–Trinajstić information content (AvgIpc) is 3.17. The van der Waals surface area contributed by atoms with Gasteiger partial charge in [0, 0.05) is 50.3 Å². The van der Waals surface area contributed by atoms with E-state index in [4.69, 9.17) is 10.5 Å². The zero-order valence-electron chi connectivity index (χ0n) is 21.8. The molecule has 0 aromatic heterocycles. The lowest BCUT2D eigenvalue weighted by Gasteiger charge is -2.61. The number of rotatable bonds is 10. The molecule has 0 aromatic carbocycles. The molecule has 7 N–H and O–H groups in total. The number of carboxylic acids is 1. The van der Waals surface area contributed by atoms with Crippen LogP contribution in [-0.4, -0.2) is 97.8 Å². The van der Waals surface area contributed by atoms with Gasteiger partial charge in [-0.2, -0.15) is 0 Å². The molecule has 4 aliphatic rings. The summed E-state index contributed by atoms with van der Waals surface area (Å²) in [5.74, 6) is -0.0877. The van der Waals surface area contributed by atoms with Crippen molar-refractivity contribution in [2.75, 3.05) is 60.1 Å². The van der Waals surface area contributed by atoms with Gasteiger partial charge in [-0.3, -0.25) is 4.99 Å². The van der Waals surface area contributed by atoms with Crippen LogP contribution < -0.4 is 16.4 Å². The zero-order chi connectivity index (χ0) is 26.1. The number of carbonyl (C=O) groups is 1. The second kappa shape index (κ2) is 10.4. The van der Waals surface area contributed by atoms with Crippen molar-refractivity contribution >= 4 is 11.9 Å². The van der Waals surface area contributed by atoms with Crippen molar-refractivity contribution in [2.24, 2.45) is 39.3 Å². The predicted molar refractivity (Wildman–Crippen MR) is 137 cm³/mol. The molecule has 10 heteroatoms. The van der Waals surface area contributed by atoms with Gasteiger partial charge in [0.1, 0.15) is 5.60 Å². The highest BCUT2D eigenvalue weighted by Gasteiger charge is 2.74. The van der Waals surface area contributed by atoms with Gasteiger partial charge in [-0.1, -0.05) is 13.0 Å². The van der Waals surface area contributed by atoms with Crippen molar-refractivity contribution in [3.8, 4) is 0 Å². The molecule has 0 aromatic rings. The molecule has 0 saturated heterocycles. The Morgan fingerprint density at radius 3 is 2.81 bits per heavy atom. The van der Waals surface area contributed by atoms with Gasteiger partial charge in [-0.05, 0) is 56.1 Å². The van der Waals surface area contributed by atoms with Gasteiger partial charge in [0.05, 0.1) is 25.3 Å². The predicted octanol–water partition coefficient (Wildman–Crippen LogP) is 0.133. The smallest absolute Gasteiger partial charge is 0.334 e. The van der Waals surface area contributed by atoms with Gasteiger partial charge < -0.3 is 41.3 Å². The number of aliphatic hydroxyl groups excluding tert-OH is 1. The monoisotopic (exact) mass is 505 g/mol. The van der Waals surface area contributed by atoms with E-state index in [0.29, 0.717) is 45.0 Å². The van der Waals surface area contributed by atoms with E-state index in [-0.39, 0.29) is 42.0 Å². The summed E-state index contributed by atoms with van der Waals surface area (Å²) >= 11 is 0. The number of methoxy groups -OCH3 is 1. The fourth-order valence-electron chi connectivity index (χ4n) is 8.21. The molecule has 10 nitrogen and oxygen atoms in total. The lowest BCUT2D eigenvalue weighted by molar-refractivity contribution is -0.138. The SMILES string of the molecule is CNCCN=C(N)N1C=C[C@H](CNCCO)[C@@]2(C1)[C@@H]1CC[C@@H](C)[C@]23C[C@](O)(COC)C(C(=O)O)=C3C1. The van der Waals surface area contributed by atoms with Crippen molar-refractivity contribution in [2.45, 2.75) is 38.2 Å². The molecule has 202 valence electrons. The number of aliphatic carboxylic acids is 1. The van der Waals surface area contributed by atoms with E-state index in [1.165, 1.54) is 7.11 Å². The van der Waals surface area contributed by atoms with E-state index < -0.39 is 17.0 Å². The molecule has 3 aliphatic carbocycles. The first-order valence-electron chi connectivity index (χ1n) is 13.1. The average molecular weight is 506 g/mol. The van der Waals surface area contributed by atoms with Gasteiger partial charge in [0.2, 0.25) is 0 Å². The Kier molecular flexibility index (Phi) is 7.83. The molecular formula is C26H43N5O5. The van der Waals surface area contributed by atoms with E-state index in [2.05, 4.69) is 28.6 Å². The standard InChI is InChI=1S/C26H43N5O5/c1-17-4-5-18-12-20-21(22(33)34)24(35,16-36-3)14-25(17,20)26(18)15-31(23(27)30-8-7-28-2)10-6-19(26)13-29-9-11-32/h6,10,17-19,28-29,32,35H,4-5,7-9,11-16H2,1-3H3,(H2,27,30)(H,33,34)/t17-,18-,19-,24+,25+,26-/m1/s1. The lowest BCUT2D eigenvalue weighted by Crippen LogP contribution is -2.62. The molecule has 0 amide bonds. The van der Waals surface area contributed by atoms with Crippen LogP contribution in [0.25, 0.3) is 0 Å². The van der Waals surface area contributed by atoms with Crippen LogP contribution in [0.1, 0.15) is 32.6 Å². The van der Waals surface area contributed by atoms with Crippen LogP contribution in [0.15, 0.2) is 28.4 Å². The number of hydrogen-bond donors (Lipinski definition) is 6. The summed E-state index contributed by atoms with van der Waals surface area (Å²) in [5.41, 5.74) is 5.12. The summed E-state index contributed by atoms with van der Waals surface area (Å²) < 4.78 is 5.38. The third kappa shape index (κ3) is 3.98. The van der Waals surface area contributed by atoms with E-state index >= 15 is 0 Å². The molecule has 1 aliphatic heterocycles. The Balaban J connectivity index is 1.86. The number of aliphatic hydroxyl groups is 2. The Hall–Kier alpha value is -1.98. The summed E-state index contributed by atoms with van der Waals surface area (Å²) in [6.07, 6.45) is 7.15. The summed E-state index contributed by atoms with van der Waals surface area (Å²) in [4.78, 5) is 19.2. The number of nitrogens with two attached hydrogens (primary N) is 1. The minimum atomic E-state index is -1.54. The number of allylic oxidation sites excluding steroid dienone is 1. The molecule has 2 spiro atoms. The maximum Gasteiger partial charge on any atom is 0.334 e.